The predicted molar refractivity (Wildman–Crippen MR) is 97.8 cm³/mol. The highest BCUT2D eigenvalue weighted by atomic mass is 32.1. The van der Waals surface area contributed by atoms with Gasteiger partial charge in [0.2, 0.25) is 0 Å². The molecule has 0 spiro atoms. The van der Waals surface area contributed by atoms with Crippen molar-refractivity contribution >= 4 is 23.1 Å². The largest absolute Gasteiger partial charge is 0.329 e. The van der Waals surface area contributed by atoms with Gasteiger partial charge in [-0.3, -0.25) is 4.79 Å². The highest BCUT2D eigenvalue weighted by Crippen LogP contribution is 2.26. The van der Waals surface area contributed by atoms with E-state index in [0.29, 0.717) is 5.69 Å². The number of hydrogen-bond acceptors (Lipinski definition) is 4. The van der Waals surface area contributed by atoms with Crippen LogP contribution in [0.1, 0.15) is 50.0 Å². The molecule has 0 bridgehead atoms. The van der Waals surface area contributed by atoms with E-state index in [-0.39, 0.29) is 23.0 Å². The Morgan fingerprint density at radius 1 is 1.38 bits per heavy atom. The fourth-order valence-electron chi connectivity index (χ4n) is 2.10. The Bertz CT molecular complexity index is 802. The maximum atomic E-state index is 12.2. The minimum atomic E-state index is -0.322. The SMILES string of the molecule is Cc1cc(=O)n(C)cc1NC(=O)N[C@@H](C)c1nc(C(C)(C)C)cs1. The summed E-state index contributed by atoms with van der Waals surface area (Å²) in [6, 6.07) is 0.978. The van der Waals surface area contributed by atoms with Crippen molar-refractivity contribution < 1.29 is 4.79 Å². The van der Waals surface area contributed by atoms with Gasteiger partial charge in [0.25, 0.3) is 5.56 Å². The summed E-state index contributed by atoms with van der Waals surface area (Å²) in [5.74, 6) is 0. The van der Waals surface area contributed by atoms with E-state index >= 15 is 0 Å². The van der Waals surface area contributed by atoms with Crippen molar-refractivity contribution in [2.45, 2.75) is 46.1 Å². The number of rotatable bonds is 3. The van der Waals surface area contributed by atoms with Gasteiger partial charge in [-0.2, -0.15) is 0 Å². The van der Waals surface area contributed by atoms with E-state index < -0.39 is 0 Å². The lowest BCUT2D eigenvalue weighted by Crippen LogP contribution is -2.32. The van der Waals surface area contributed by atoms with Crippen LogP contribution in [0.2, 0.25) is 0 Å². The summed E-state index contributed by atoms with van der Waals surface area (Å²) >= 11 is 1.54. The lowest BCUT2D eigenvalue weighted by molar-refractivity contribution is 0.249. The Morgan fingerprint density at radius 2 is 2.04 bits per heavy atom. The van der Waals surface area contributed by atoms with Crippen molar-refractivity contribution in [1.29, 1.82) is 0 Å². The van der Waals surface area contributed by atoms with Crippen molar-refractivity contribution in [3.8, 4) is 0 Å². The van der Waals surface area contributed by atoms with E-state index in [4.69, 9.17) is 0 Å². The average molecular weight is 348 g/mol. The summed E-state index contributed by atoms with van der Waals surface area (Å²) in [5.41, 5.74) is 2.24. The fourth-order valence-corrected chi connectivity index (χ4v) is 3.16. The van der Waals surface area contributed by atoms with Gasteiger partial charge in [0.15, 0.2) is 0 Å². The lowest BCUT2D eigenvalue weighted by atomic mass is 9.93. The number of anilines is 1. The zero-order valence-electron chi connectivity index (χ0n) is 14.9. The van der Waals surface area contributed by atoms with E-state index in [0.717, 1.165) is 16.3 Å². The average Bonchev–Trinajstić information content (AvgIpc) is 2.94. The third-order valence-electron chi connectivity index (χ3n) is 3.69. The van der Waals surface area contributed by atoms with Crippen LogP contribution in [0.3, 0.4) is 0 Å². The monoisotopic (exact) mass is 348 g/mol. The quantitative estimate of drug-likeness (QED) is 0.893. The van der Waals surface area contributed by atoms with Crippen LogP contribution in [0.25, 0.3) is 0 Å². The Morgan fingerprint density at radius 3 is 2.62 bits per heavy atom. The molecule has 0 unspecified atom stereocenters. The first kappa shape index (κ1) is 18.2. The maximum Gasteiger partial charge on any atom is 0.319 e. The van der Waals surface area contributed by atoms with Crippen molar-refractivity contribution in [2.75, 3.05) is 5.32 Å². The van der Waals surface area contributed by atoms with Gasteiger partial charge in [-0.15, -0.1) is 11.3 Å². The van der Waals surface area contributed by atoms with Gasteiger partial charge in [-0.1, -0.05) is 20.8 Å². The number of amides is 2. The second-order valence-electron chi connectivity index (χ2n) is 6.96. The lowest BCUT2D eigenvalue weighted by Gasteiger charge is -2.16. The molecule has 7 heteroatoms. The summed E-state index contributed by atoms with van der Waals surface area (Å²) in [6.45, 7) is 10.0. The number of pyridine rings is 1. The van der Waals surface area contributed by atoms with Crippen LogP contribution in [0.4, 0.5) is 10.5 Å². The van der Waals surface area contributed by atoms with E-state index in [1.807, 2.05) is 12.3 Å². The molecule has 0 aliphatic rings. The third-order valence-corrected chi connectivity index (χ3v) is 4.72. The molecule has 0 aromatic carbocycles. The second kappa shape index (κ2) is 6.76. The second-order valence-corrected chi connectivity index (χ2v) is 7.85. The minimum Gasteiger partial charge on any atom is -0.329 e. The number of hydrogen-bond donors (Lipinski definition) is 2. The fraction of sp³-hybridized carbons (Fsp3) is 0.471. The molecule has 0 aliphatic heterocycles. The normalized spacial score (nSPS) is 12.8. The number of nitrogens with zero attached hydrogens (tertiary/aromatic N) is 2. The van der Waals surface area contributed by atoms with E-state index in [9.17, 15) is 9.59 Å². The molecular formula is C17H24N4O2S. The number of aromatic nitrogens is 2. The molecule has 2 amide bonds. The highest BCUT2D eigenvalue weighted by Gasteiger charge is 2.20. The van der Waals surface area contributed by atoms with Gasteiger partial charge in [-0.05, 0) is 19.4 Å². The smallest absolute Gasteiger partial charge is 0.319 e. The molecule has 1 atom stereocenters. The van der Waals surface area contributed by atoms with Gasteiger partial charge >= 0.3 is 6.03 Å². The Balaban J connectivity index is 2.06. The molecule has 2 N–H and O–H groups in total. The molecule has 0 aliphatic carbocycles. The van der Waals surface area contributed by atoms with Crippen LogP contribution < -0.4 is 16.2 Å². The van der Waals surface area contributed by atoms with Gasteiger partial charge in [-0.25, -0.2) is 9.78 Å². The maximum absolute atomic E-state index is 12.2. The number of nitrogens with one attached hydrogen (secondary N) is 2. The first-order valence-corrected chi connectivity index (χ1v) is 8.66. The van der Waals surface area contributed by atoms with Crippen molar-refractivity contribution in [3.63, 3.8) is 0 Å². The summed E-state index contributed by atoms with van der Waals surface area (Å²) in [7, 11) is 1.65. The van der Waals surface area contributed by atoms with Crippen LogP contribution in [0, 0.1) is 6.92 Å². The number of urea groups is 1. The Kier molecular flexibility index (Phi) is 5.13. The molecule has 0 radical (unpaired) electrons. The Hall–Kier alpha value is -2.15. The molecule has 6 nitrogen and oxygen atoms in total. The van der Waals surface area contributed by atoms with Crippen LogP contribution in [-0.2, 0) is 12.5 Å². The molecule has 0 fully saturated rings. The van der Waals surface area contributed by atoms with Crippen LogP contribution >= 0.6 is 11.3 Å². The van der Waals surface area contributed by atoms with Gasteiger partial charge < -0.3 is 15.2 Å². The number of thiazole rings is 1. The molecule has 24 heavy (non-hydrogen) atoms. The van der Waals surface area contributed by atoms with Gasteiger partial charge in [0, 0.05) is 30.1 Å². The molecule has 2 heterocycles. The van der Waals surface area contributed by atoms with Crippen LogP contribution in [0.15, 0.2) is 22.4 Å². The highest BCUT2D eigenvalue weighted by molar-refractivity contribution is 7.09. The first-order chi connectivity index (χ1) is 11.1. The van der Waals surface area contributed by atoms with Gasteiger partial charge in [0.05, 0.1) is 17.4 Å². The summed E-state index contributed by atoms with van der Waals surface area (Å²) in [5, 5.41) is 8.56. The van der Waals surface area contributed by atoms with Crippen LogP contribution in [0.5, 0.6) is 0 Å². The Labute approximate surface area is 145 Å². The van der Waals surface area contributed by atoms with Gasteiger partial charge in [0.1, 0.15) is 5.01 Å². The predicted octanol–water partition coefficient (Wildman–Crippen LogP) is 3.33. The standard InChI is InChI=1S/C17H24N4O2S/c1-10-7-14(22)21(6)8-12(10)19-16(23)18-11(2)15-20-13(9-24-15)17(3,4)5/h7-9,11H,1-6H3,(H2,18,19,23)/t11-/m0/s1. The van der Waals surface area contributed by atoms with Crippen molar-refractivity contribution in [1.82, 2.24) is 14.9 Å². The zero-order valence-corrected chi connectivity index (χ0v) is 15.7. The molecular weight excluding hydrogens is 324 g/mol. The summed E-state index contributed by atoms with van der Waals surface area (Å²) < 4.78 is 1.43. The van der Waals surface area contributed by atoms with Crippen LogP contribution in [-0.4, -0.2) is 15.6 Å². The number of aryl methyl sites for hydroxylation is 2. The molecule has 2 aromatic heterocycles. The van der Waals surface area contributed by atoms with E-state index in [1.165, 1.54) is 10.6 Å². The van der Waals surface area contributed by atoms with Crippen molar-refractivity contribution in [3.05, 3.63) is 44.3 Å². The molecule has 0 saturated heterocycles. The van der Waals surface area contributed by atoms with E-state index in [2.05, 4.69) is 36.4 Å². The summed E-state index contributed by atoms with van der Waals surface area (Å²) in [4.78, 5) is 28.4. The third kappa shape index (κ3) is 4.23. The topological polar surface area (TPSA) is 76.0 Å². The molecule has 2 aromatic rings. The van der Waals surface area contributed by atoms with Crippen molar-refractivity contribution in [2.24, 2.45) is 7.05 Å². The minimum absolute atomic E-state index is 0.0112. The number of carbonyl (C=O) groups is 1. The van der Waals surface area contributed by atoms with E-state index in [1.54, 1.807) is 31.5 Å². The first-order valence-electron chi connectivity index (χ1n) is 7.78. The molecule has 130 valence electrons. The summed E-state index contributed by atoms with van der Waals surface area (Å²) in [6.07, 6.45) is 1.61. The zero-order chi connectivity index (χ0) is 18.1. The molecule has 2 rings (SSSR count). The number of carbonyl (C=O) groups excluding carboxylic acids is 1. The molecule has 0 saturated carbocycles.